The molecule has 0 atom stereocenters. The molecule has 0 bridgehead atoms. The van der Waals surface area contributed by atoms with Gasteiger partial charge in [0.15, 0.2) is 0 Å². The van der Waals surface area contributed by atoms with Crippen molar-refractivity contribution in [1.82, 2.24) is 0 Å². The van der Waals surface area contributed by atoms with Gasteiger partial charge in [-0.05, 0) is 43.0 Å². The van der Waals surface area contributed by atoms with Gasteiger partial charge >= 0.3 is 0 Å². The lowest BCUT2D eigenvalue weighted by atomic mass is 10.1. The monoisotopic (exact) mass is 338 g/mol. The lowest BCUT2D eigenvalue weighted by Crippen LogP contribution is -2.27. The highest BCUT2D eigenvalue weighted by atomic mass is 32.2. The highest BCUT2D eigenvalue weighted by Crippen LogP contribution is 2.29. The van der Waals surface area contributed by atoms with Crippen LogP contribution in [-0.4, -0.2) is 34.2 Å². The van der Waals surface area contributed by atoms with E-state index in [9.17, 15) is 8.42 Å². The number of sulfonamides is 1. The van der Waals surface area contributed by atoms with Crippen molar-refractivity contribution in [2.24, 2.45) is 5.14 Å². The van der Waals surface area contributed by atoms with Crippen LogP contribution in [0.4, 0.5) is 5.69 Å². The highest BCUT2D eigenvalue weighted by molar-refractivity contribution is 7.89. The van der Waals surface area contributed by atoms with Crippen molar-refractivity contribution in [3.63, 3.8) is 0 Å². The fourth-order valence-electron chi connectivity index (χ4n) is 3.59. The molecule has 2 aliphatic rings. The Morgan fingerprint density at radius 3 is 2.61 bits per heavy atom. The van der Waals surface area contributed by atoms with Crippen LogP contribution in [0.25, 0.3) is 0 Å². The molecule has 1 aromatic rings. The summed E-state index contributed by atoms with van der Waals surface area (Å²) in [5.74, 6) is 0. The van der Waals surface area contributed by atoms with Crippen molar-refractivity contribution >= 4 is 15.7 Å². The smallest absolute Gasteiger partial charge is 0.238 e. The number of benzene rings is 1. The van der Waals surface area contributed by atoms with Gasteiger partial charge in [-0.15, -0.1) is 0 Å². The Bertz CT molecular complexity index is 637. The average molecular weight is 338 g/mol. The molecule has 1 heterocycles. The summed E-state index contributed by atoms with van der Waals surface area (Å²) < 4.78 is 28.9. The number of ether oxygens (including phenoxy) is 1. The average Bonchev–Trinajstić information content (AvgIpc) is 2.73. The number of anilines is 1. The molecule has 0 saturated heterocycles. The zero-order valence-corrected chi connectivity index (χ0v) is 14.4. The van der Waals surface area contributed by atoms with Gasteiger partial charge in [-0.25, -0.2) is 13.6 Å². The Hall–Kier alpha value is -1.11. The van der Waals surface area contributed by atoms with Gasteiger partial charge in [0, 0.05) is 18.8 Å². The number of nitrogens with zero attached hydrogens (tertiary/aromatic N) is 1. The molecule has 3 rings (SSSR count). The summed E-state index contributed by atoms with van der Waals surface area (Å²) in [5.41, 5.74) is 2.17. The number of primary sulfonamides is 1. The summed E-state index contributed by atoms with van der Waals surface area (Å²) in [6.07, 6.45) is 8.91. The molecule has 5 nitrogen and oxygen atoms in total. The molecule has 0 amide bonds. The predicted octanol–water partition coefficient (Wildman–Crippen LogP) is 2.44. The van der Waals surface area contributed by atoms with Gasteiger partial charge in [0.2, 0.25) is 10.0 Å². The molecule has 128 valence electrons. The third kappa shape index (κ3) is 4.25. The third-order valence-corrected chi connectivity index (χ3v) is 5.80. The summed E-state index contributed by atoms with van der Waals surface area (Å²) >= 11 is 0. The fourth-order valence-corrected chi connectivity index (χ4v) is 4.16. The topological polar surface area (TPSA) is 72.6 Å². The normalized spacial score (nSPS) is 19.6. The molecular weight excluding hydrogens is 312 g/mol. The Kier molecular flexibility index (Phi) is 5.24. The molecule has 23 heavy (non-hydrogen) atoms. The van der Waals surface area contributed by atoms with Crippen molar-refractivity contribution in [3.8, 4) is 0 Å². The Balaban J connectivity index is 1.55. The standard InChI is InChI=1S/C17H26N2O3S/c18-23(20,21)16-7-8-17-14(13-16)9-10-19(17)11-12-22-15-5-3-1-2-4-6-15/h7-8,13,15H,1-6,9-12H2,(H2,18,20,21). The lowest BCUT2D eigenvalue weighted by Gasteiger charge is -2.22. The van der Waals surface area contributed by atoms with E-state index in [0.717, 1.165) is 37.4 Å². The maximum atomic E-state index is 11.4. The summed E-state index contributed by atoms with van der Waals surface area (Å²) in [5, 5.41) is 5.20. The molecule has 1 aliphatic carbocycles. The van der Waals surface area contributed by atoms with Gasteiger partial charge in [0.05, 0.1) is 17.6 Å². The second-order valence-corrected chi connectivity index (χ2v) is 8.12. The summed E-state index contributed by atoms with van der Waals surface area (Å²) in [4.78, 5) is 2.48. The number of hydrogen-bond acceptors (Lipinski definition) is 4. The Labute approximate surface area is 138 Å². The van der Waals surface area contributed by atoms with Crippen LogP contribution in [0, 0.1) is 0 Å². The number of nitrogens with two attached hydrogens (primary N) is 1. The van der Waals surface area contributed by atoms with Crippen LogP contribution in [-0.2, 0) is 21.2 Å². The van der Waals surface area contributed by atoms with E-state index < -0.39 is 10.0 Å². The van der Waals surface area contributed by atoms with Gasteiger partial charge in [-0.1, -0.05) is 25.7 Å². The van der Waals surface area contributed by atoms with Crippen molar-refractivity contribution < 1.29 is 13.2 Å². The fraction of sp³-hybridized carbons (Fsp3) is 0.647. The molecule has 1 aromatic carbocycles. The van der Waals surface area contributed by atoms with Crippen LogP contribution in [0.3, 0.4) is 0 Å². The summed E-state index contributed by atoms with van der Waals surface area (Å²) in [6, 6.07) is 5.17. The van der Waals surface area contributed by atoms with Crippen LogP contribution >= 0.6 is 0 Å². The maximum absolute atomic E-state index is 11.4. The van der Waals surface area contributed by atoms with Crippen LogP contribution in [0.1, 0.15) is 44.1 Å². The minimum Gasteiger partial charge on any atom is -0.376 e. The zero-order chi connectivity index (χ0) is 16.3. The van der Waals surface area contributed by atoms with E-state index in [1.165, 1.54) is 38.5 Å². The molecule has 2 N–H and O–H groups in total. The summed E-state index contributed by atoms with van der Waals surface area (Å²) in [7, 11) is -3.62. The first-order valence-corrected chi connectivity index (χ1v) is 10.1. The van der Waals surface area contributed by atoms with Crippen molar-refractivity contribution in [2.45, 2.75) is 55.9 Å². The van der Waals surface area contributed by atoms with Crippen molar-refractivity contribution in [3.05, 3.63) is 23.8 Å². The first-order chi connectivity index (χ1) is 11.0. The number of hydrogen-bond donors (Lipinski definition) is 1. The van der Waals surface area contributed by atoms with E-state index in [1.807, 2.05) is 6.07 Å². The SMILES string of the molecule is NS(=O)(=O)c1ccc2c(c1)CCN2CCOC1CCCCCC1. The van der Waals surface area contributed by atoms with Crippen molar-refractivity contribution in [2.75, 3.05) is 24.6 Å². The molecule has 1 aliphatic heterocycles. The molecule has 0 radical (unpaired) electrons. The van der Waals surface area contributed by atoms with Gasteiger partial charge in [0.1, 0.15) is 0 Å². The summed E-state index contributed by atoms with van der Waals surface area (Å²) in [6.45, 7) is 2.51. The quantitative estimate of drug-likeness (QED) is 0.837. The highest BCUT2D eigenvalue weighted by Gasteiger charge is 2.21. The molecule has 6 heteroatoms. The number of fused-ring (bicyclic) bond motifs is 1. The lowest BCUT2D eigenvalue weighted by molar-refractivity contribution is 0.0479. The minimum atomic E-state index is -3.62. The Morgan fingerprint density at radius 1 is 1.17 bits per heavy atom. The van der Waals surface area contributed by atoms with Crippen LogP contribution < -0.4 is 10.0 Å². The molecule has 1 fully saturated rings. The van der Waals surface area contributed by atoms with E-state index in [4.69, 9.17) is 9.88 Å². The molecule has 1 saturated carbocycles. The second-order valence-electron chi connectivity index (χ2n) is 6.56. The van der Waals surface area contributed by atoms with Crippen molar-refractivity contribution in [1.29, 1.82) is 0 Å². The van der Waals surface area contributed by atoms with Gasteiger partial charge in [-0.3, -0.25) is 0 Å². The molecule has 0 aromatic heterocycles. The first-order valence-electron chi connectivity index (χ1n) is 8.56. The van der Waals surface area contributed by atoms with Crippen LogP contribution in [0.5, 0.6) is 0 Å². The molecule has 0 spiro atoms. The van der Waals surface area contributed by atoms with Crippen LogP contribution in [0.2, 0.25) is 0 Å². The van der Waals surface area contributed by atoms with E-state index in [-0.39, 0.29) is 4.90 Å². The largest absolute Gasteiger partial charge is 0.376 e. The first kappa shape index (κ1) is 16.7. The van der Waals surface area contributed by atoms with Gasteiger partial charge in [0.25, 0.3) is 0 Å². The van der Waals surface area contributed by atoms with Gasteiger partial charge in [-0.2, -0.15) is 0 Å². The van der Waals surface area contributed by atoms with E-state index in [1.54, 1.807) is 12.1 Å². The molecule has 0 unspecified atom stereocenters. The Morgan fingerprint density at radius 2 is 1.91 bits per heavy atom. The number of rotatable bonds is 5. The van der Waals surface area contributed by atoms with E-state index in [0.29, 0.717) is 6.10 Å². The predicted molar refractivity (Wildman–Crippen MR) is 91.2 cm³/mol. The maximum Gasteiger partial charge on any atom is 0.238 e. The zero-order valence-electron chi connectivity index (χ0n) is 13.5. The van der Waals surface area contributed by atoms with Crippen LogP contribution in [0.15, 0.2) is 23.1 Å². The molecular formula is C17H26N2O3S. The van der Waals surface area contributed by atoms with E-state index in [2.05, 4.69) is 4.90 Å². The third-order valence-electron chi connectivity index (χ3n) is 4.89. The second kappa shape index (κ2) is 7.20. The minimum absolute atomic E-state index is 0.202. The van der Waals surface area contributed by atoms with Gasteiger partial charge < -0.3 is 9.64 Å². The van der Waals surface area contributed by atoms with E-state index >= 15 is 0 Å².